The Labute approximate surface area is 123 Å². The monoisotopic (exact) mass is 295 g/mol. The summed E-state index contributed by atoms with van der Waals surface area (Å²) in [6, 6.07) is 4.98. The molecule has 0 aromatic heterocycles. The van der Waals surface area contributed by atoms with E-state index in [0.29, 0.717) is 12.4 Å². The Morgan fingerprint density at radius 2 is 2.29 bits per heavy atom. The third-order valence-corrected chi connectivity index (χ3v) is 3.43. The van der Waals surface area contributed by atoms with Gasteiger partial charge < -0.3 is 20.1 Å². The van der Waals surface area contributed by atoms with E-state index in [-0.39, 0.29) is 17.8 Å². The maximum Gasteiger partial charge on any atom is 0.311 e. The minimum absolute atomic E-state index is 0.0122. The molecule has 7 heteroatoms. The van der Waals surface area contributed by atoms with Crippen molar-refractivity contribution >= 4 is 11.4 Å². The van der Waals surface area contributed by atoms with Crippen LogP contribution in [0.1, 0.15) is 13.3 Å². The maximum absolute atomic E-state index is 11.0. The summed E-state index contributed by atoms with van der Waals surface area (Å²) in [5.41, 5.74) is 0.782. The number of anilines is 1. The summed E-state index contributed by atoms with van der Waals surface area (Å²) in [4.78, 5) is 10.6. The van der Waals surface area contributed by atoms with Crippen LogP contribution in [0.5, 0.6) is 5.75 Å². The fraction of sp³-hybridized carbons (Fsp3) is 0.571. The fourth-order valence-corrected chi connectivity index (χ4v) is 2.34. The molecule has 7 nitrogen and oxygen atoms in total. The number of hydrogen-bond donors (Lipinski definition) is 2. The molecule has 1 heterocycles. The second-order valence-corrected chi connectivity index (χ2v) is 4.97. The number of ether oxygens (including phenoxy) is 2. The Hall–Kier alpha value is -1.86. The number of nitro benzene ring substituents is 1. The van der Waals surface area contributed by atoms with Crippen molar-refractivity contribution < 1.29 is 14.4 Å². The van der Waals surface area contributed by atoms with Crippen LogP contribution in [0.3, 0.4) is 0 Å². The maximum atomic E-state index is 11.0. The molecule has 2 atom stereocenters. The normalized spacial score (nSPS) is 21.2. The first-order chi connectivity index (χ1) is 10.2. The molecule has 1 aromatic rings. The van der Waals surface area contributed by atoms with E-state index in [9.17, 15) is 10.1 Å². The molecule has 2 N–H and O–H groups in total. The van der Waals surface area contributed by atoms with Gasteiger partial charge in [0.25, 0.3) is 0 Å². The zero-order valence-corrected chi connectivity index (χ0v) is 12.3. The van der Waals surface area contributed by atoms with Gasteiger partial charge in [-0.05, 0) is 12.5 Å². The lowest BCUT2D eigenvalue weighted by atomic mass is 10.2. The Balaban J connectivity index is 2.14. The van der Waals surface area contributed by atoms with Gasteiger partial charge in [-0.2, -0.15) is 0 Å². The first-order valence-electron chi connectivity index (χ1n) is 7.07. The molecule has 2 rings (SSSR count). The standard InChI is InChI=1S/C14H21N3O4/c1-3-6-21-13-7-10(4-5-12(13)17(18)19)16-11-8-15-9-14(11)20-2/h4-5,7,11,14-16H,3,6,8-9H2,1-2H3/t11?,14-/m0/s1. The lowest BCUT2D eigenvalue weighted by Crippen LogP contribution is -2.33. The molecule has 1 aliphatic rings. The van der Waals surface area contributed by atoms with Crippen LogP contribution in [-0.2, 0) is 4.74 Å². The van der Waals surface area contributed by atoms with Gasteiger partial charge in [-0.15, -0.1) is 0 Å². The molecule has 21 heavy (non-hydrogen) atoms. The summed E-state index contributed by atoms with van der Waals surface area (Å²) in [7, 11) is 1.68. The van der Waals surface area contributed by atoms with Gasteiger partial charge >= 0.3 is 5.69 Å². The largest absolute Gasteiger partial charge is 0.487 e. The van der Waals surface area contributed by atoms with Crippen molar-refractivity contribution in [3.63, 3.8) is 0 Å². The zero-order valence-electron chi connectivity index (χ0n) is 12.3. The molecular weight excluding hydrogens is 274 g/mol. The Morgan fingerprint density at radius 1 is 1.48 bits per heavy atom. The molecule has 1 fully saturated rings. The summed E-state index contributed by atoms with van der Waals surface area (Å²) in [5, 5.41) is 17.6. The number of nitrogens with one attached hydrogen (secondary N) is 2. The molecule has 1 saturated heterocycles. The second kappa shape index (κ2) is 7.24. The number of rotatable bonds is 7. The summed E-state index contributed by atoms with van der Waals surface area (Å²) in [6.07, 6.45) is 0.882. The van der Waals surface area contributed by atoms with Gasteiger partial charge in [0.15, 0.2) is 5.75 Å². The first-order valence-corrected chi connectivity index (χ1v) is 7.07. The highest BCUT2D eigenvalue weighted by atomic mass is 16.6. The van der Waals surface area contributed by atoms with E-state index in [1.807, 2.05) is 6.92 Å². The minimum atomic E-state index is -0.427. The van der Waals surface area contributed by atoms with Crippen molar-refractivity contribution in [2.75, 3.05) is 32.1 Å². The zero-order chi connectivity index (χ0) is 15.2. The number of nitrogens with zero attached hydrogens (tertiary/aromatic N) is 1. The van der Waals surface area contributed by atoms with E-state index in [2.05, 4.69) is 10.6 Å². The third kappa shape index (κ3) is 3.83. The van der Waals surface area contributed by atoms with Crippen molar-refractivity contribution in [2.24, 2.45) is 0 Å². The average Bonchev–Trinajstić information content (AvgIpc) is 2.92. The van der Waals surface area contributed by atoms with Crippen LogP contribution in [0.15, 0.2) is 18.2 Å². The van der Waals surface area contributed by atoms with Gasteiger partial charge in [0, 0.05) is 38.0 Å². The molecule has 116 valence electrons. The minimum Gasteiger partial charge on any atom is -0.487 e. The quantitative estimate of drug-likeness (QED) is 0.589. The highest BCUT2D eigenvalue weighted by molar-refractivity contribution is 5.58. The molecule has 0 saturated carbocycles. The molecule has 1 aromatic carbocycles. The van der Waals surface area contributed by atoms with E-state index >= 15 is 0 Å². The number of benzene rings is 1. The van der Waals surface area contributed by atoms with Crippen LogP contribution >= 0.6 is 0 Å². The molecule has 0 radical (unpaired) electrons. The predicted octanol–water partition coefficient (Wildman–Crippen LogP) is 1.78. The van der Waals surface area contributed by atoms with Gasteiger partial charge in [0.2, 0.25) is 0 Å². The highest BCUT2D eigenvalue weighted by Gasteiger charge is 2.27. The van der Waals surface area contributed by atoms with Crippen LogP contribution in [-0.4, -0.2) is 43.9 Å². The smallest absolute Gasteiger partial charge is 0.311 e. The van der Waals surface area contributed by atoms with Gasteiger partial charge in [-0.3, -0.25) is 10.1 Å². The van der Waals surface area contributed by atoms with E-state index < -0.39 is 4.92 Å². The van der Waals surface area contributed by atoms with E-state index in [1.165, 1.54) is 6.07 Å². The Bertz CT molecular complexity index is 495. The molecular formula is C14H21N3O4. The fourth-order valence-electron chi connectivity index (χ4n) is 2.34. The average molecular weight is 295 g/mol. The molecule has 0 amide bonds. The van der Waals surface area contributed by atoms with Gasteiger partial charge in [-0.1, -0.05) is 6.92 Å². The van der Waals surface area contributed by atoms with Gasteiger partial charge in [-0.25, -0.2) is 0 Å². The third-order valence-electron chi connectivity index (χ3n) is 3.43. The Kier molecular flexibility index (Phi) is 5.35. The van der Waals surface area contributed by atoms with Crippen molar-refractivity contribution in [1.82, 2.24) is 5.32 Å². The van der Waals surface area contributed by atoms with E-state index in [1.54, 1.807) is 19.2 Å². The van der Waals surface area contributed by atoms with Crippen molar-refractivity contribution in [1.29, 1.82) is 0 Å². The molecule has 0 bridgehead atoms. The molecule has 0 spiro atoms. The van der Waals surface area contributed by atoms with Crippen molar-refractivity contribution in [3.05, 3.63) is 28.3 Å². The second-order valence-electron chi connectivity index (χ2n) is 4.97. The number of hydrogen-bond acceptors (Lipinski definition) is 6. The Morgan fingerprint density at radius 3 is 2.95 bits per heavy atom. The summed E-state index contributed by atoms with van der Waals surface area (Å²) < 4.78 is 10.9. The van der Waals surface area contributed by atoms with E-state index in [0.717, 1.165) is 25.2 Å². The van der Waals surface area contributed by atoms with Gasteiger partial charge in [0.05, 0.1) is 23.7 Å². The lowest BCUT2D eigenvalue weighted by Gasteiger charge is -2.20. The van der Waals surface area contributed by atoms with Gasteiger partial charge in [0.1, 0.15) is 0 Å². The van der Waals surface area contributed by atoms with Crippen LogP contribution in [0, 0.1) is 10.1 Å². The van der Waals surface area contributed by atoms with Crippen LogP contribution < -0.4 is 15.4 Å². The van der Waals surface area contributed by atoms with E-state index in [4.69, 9.17) is 9.47 Å². The number of methoxy groups -OCH3 is 1. The van der Waals surface area contributed by atoms with Crippen LogP contribution in [0.2, 0.25) is 0 Å². The molecule has 0 aliphatic carbocycles. The van der Waals surface area contributed by atoms with Crippen LogP contribution in [0.25, 0.3) is 0 Å². The lowest BCUT2D eigenvalue weighted by molar-refractivity contribution is -0.385. The SMILES string of the molecule is CCCOc1cc(NC2CNC[C@@H]2OC)ccc1[N+](=O)[O-]. The molecule has 1 unspecified atom stereocenters. The molecule has 1 aliphatic heterocycles. The van der Waals surface area contributed by atoms with Crippen molar-refractivity contribution in [2.45, 2.75) is 25.5 Å². The highest BCUT2D eigenvalue weighted by Crippen LogP contribution is 2.30. The topological polar surface area (TPSA) is 85.7 Å². The van der Waals surface area contributed by atoms with Crippen molar-refractivity contribution in [3.8, 4) is 5.75 Å². The first kappa shape index (κ1) is 15.5. The number of nitro groups is 1. The van der Waals surface area contributed by atoms with Crippen LogP contribution in [0.4, 0.5) is 11.4 Å². The predicted molar refractivity (Wildman–Crippen MR) is 80.0 cm³/mol. The summed E-state index contributed by atoms with van der Waals surface area (Å²) in [6.45, 7) is 4.00. The summed E-state index contributed by atoms with van der Waals surface area (Å²) >= 11 is 0. The summed E-state index contributed by atoms with van der Waals surface area (Å²) in [5.74, 6) is 0.298.